The third-order valence-corrected chi connectivity index (χ3v) is 10.5. The second-order valence-electron chi connectivity index (χ2n) is 12.9. The molecular weight excluding hydrogens is 688 g/mol. The lowest BCUT2D eigenvalue weighted by molar-refractivity contribution is -0.123. The number of phenolic OH excluding ortho intramolecular Hbond substituents is 1. The van der Waals surface area contributed by atoms with Gasteiger partial charge in [0, 0.05) is 42.4 Å². The summed E-state index contributed by atoms with van der Waals surface area (Å²) in [7, 11) is 5.36. The van der Waals surface area contributed by atoms with Gasteiger partial charge in [-0.1, -0.05) is 11.6 Å². The number of methoxy groups -OCH3 is 1. The molecule has 3 aliphatic carbocycles. The summed E-state index contributed by atoms with van der Waals surface area (Å²) in [6.07, 6.45) is 3.80. The molecule has 4 atom stereocenters. The third kappa shape index (κ3) is 5.42. The monoisotopic (exact) mass is 720 g/mol. The second-order valence-corrected chi connectivity index (χ2v) is 13.8. The molecule has 11 heteroatoms. The Balaban J connectivity index is 1.21. The van der Waals surface area contributed by atoms with Crippen molar-refractivity contribution >= 4 is 62.1 Å². The maximum atomic E-state index is 14.3. The van der Waals surface area contributed by atoms with Crippen LogP contribution in [0.5, 0.6) is 11.5 Å². The highest BCUT2D eigenvalue weighted by Gasteiger charge is 2.56. The van der Waals surface area contributed by atoms with Gasteiger partial charge in [0.15, 0.2) is 23.1 Å². The number of halogens is 1. The largest absolute Gasteiger partial charge is 0.503 e. The molecule has 3 aromatic carbocycles. The van der Waals surface area contributed by atoms with Gasteiger partial charge >= 0.3 is 0 Å². The molecule has 1 saturated heterocycles. The molecule has 1 aliphatic heterocycles. The van der Waals surface area contributed by atoms with Crippen LogP contribution in [0.2, 0.25) is 0 Å². The zero-order valence-corrected chi connectivity index (χ0v) is 28.9. The predicted molar refractivity (Wildman–Crippen MR) is 188 cm³/mol. The van der Waals surface area contributed by atoms with Crippen LogP contribution in [0.4, 0.5) is 22.7 Å². The number of allylic oxidation sites excluding steroid dienone is 6. The Kier molecular flexibility index (Phi) is 8.18. The number of nitrogens with zero attached hydrogens (tertiary/aromatic N) is 4. The van der Waals surface area contributed by atoms with Crippen molar-refractivity contribution in [2.24, 2.45) is 28.0 Å². The number of phenols is 1. The number of hydrogen-bond acceptors (Lipinski definition) is 9. The molecule has 0 bridgehead atoms. The minimum absolute atomic E-state index is 0.0920. The van der Waals surface area contributed by atoms with Crippen LogP contribution < -0.4 is 14.5 Å². The predicted octanol–water partition coefficient (Wildman–Crippen LogP) is 7.28. The number of imide groups is 1. The number of anilines is 2. The Morgan fingerprint density at radius 3 is 2.20 bits per heavy atom. The maximum absolute atomic E-state index is 14.3. The molecule has 3 aromatic rings. The van der Waals surface area contributed by atoms with Crippen molar-refractivity contribution in [1.82, 2.24) is 0 Å². The summed E-state index contributed by atoms with van der Waals surface area (Å²) >= 11 is 3.40. The van der Waals surface area contributed by atoms with Crippen LogP contribution in [0.15, 0.2) is 110 Å². The number of fused-ring (bicyclic) bond motifs is 3. The van der Waals surface area contributed by atoms with Crippen molar-refractivity contribution in [3.63, 3.8) is 0 Å². The summed E-state index contributed by atoms with van der Waals surface area (Å²) in [5.41, 5.74) is 5.25. The van der Waals surface area contributed by atoms with E-state index in [0.717, 1.165) is 11.3 Å². The number of ether oxygens (including phenoxy) is 1. The van der Waals surface area contributed by atoms with E-state index in [1.165, 1.54) is 18.1 Å². The molecule has 0 radical (unpaired) electrons. The molecule has 7 rings (SSSR count). The van der Waals surface area contributed by atoms with Gasteiger partial charge in [0.05, 0.1) is 40.5 Å². The van der Waals surface area contributed by atoms with Gasteiger partial charge in [-0.2, -0.15) is 10.2 Å². The maximum Gasteiger partial charge on any atom is 0.238 e. The number of amides is 2. The molecule has 4 aliphatic rings. The van der Waals surface area contributed by atoms with Gasteiger partial charge in [0.25, 0.3) is 0 Å². The molecule has 2 amide bonds. The number of ketones is 2. The third-order valence-electron chi connectivity index (χ3n) is 9.92. The molecule has 0 unspecified atom stereocenters. The topological polar surface area (TPSA) is 129 Å². The van der Waals surface area contributed by atoms with Crippen molar-refractivity contribution < 1.29 is 29.0 Å². The lowest BCUT2D eigenvalue weighted by Gasteiger charge is -2.42. The summed E-state index contributed by atoms with van der Waals surface area (Å²) in [4.78, 5) is 58.6. The minimum atomic E-state index is -0.717. The zero-order chi connectivity index (χ0) is 34.7. The van der Waals surface area contributed by atoms with Crippen molar-refractivity contribution in [3.05, 3.63) is 105 Å². The molecule has 0 spiro atoms. The van der Waals surface area contributed by atoms with E-state index in [0.29, 0.717) is 50.2 Å². The lowest BCUT2D eigenvalue weighted by atomic mass is 9.59. The van der Waals surface area contributed by atoms with E-state index in [-0.39, 0.29) is 41.3 Å². The fraction of sp³-hybridized carbons (Fsp3) is 0.263. The standard InChI is InChI=1S/C38H33BrN4O6/c1-19-15-30(44)34-28(35(19)45)18-27-25(32(34)20-16-29(39)36(46)31(17-20)49-4)13-14-26-33(27)38(48)43(37(26)47)24-11-7-22(8-12-24)41-40-21-5-9-23(10-6-21)42(2)3/h5-13,15-17,26-27,32-33,46H,14,18H2,1-4H3/t26-,27+,32-,33-/m0/s1. The molecule has 1 fully saturated rings. The van der Waals surface area contributed by atoms with Gasteiger partial charge in [-0.3, -0.25) is 24.1 Å². The fourth-order valence-corrected chi connectivity index (χ4v) is 7.99. The van der Waals surface area contributed by atoms with E-state index in [2.05, 4.69) is 26.2 Å². The van der Waals surface area contributed by atoms with Crippen molar-refractivity contribution in [2.45, 2.75) is 25.7 Å². The fourth-order valence-electron chi connectivity index (χ4n) is 7.53. The molecule has 1 heterocycles. The van der Waals surface area contributed by atoms with Crippen LogP contribution in [0.3, 0.4) is 0 Å². The van der Waals surface area contributed by atoms with Crippen molar-refractivity contribution in [3.8, 4) is 11.5 Å². The van der Waals surface area contributed by atoms with E-state index in [1.54, 1.807) is 43.3 Å². The molecular formula is C38H33BrN4O6. The number of Topliss-reactive ketones (excluding diaryl/α,β-unsaturated/α-hetero) is 1. The summed E-state index contributed by atoms with van der Waals surface area (Å²) in [6.45, 7) is 1.62. The normalized spacial score (nSPS) is 23.3. The van der Waals surface area contributed by atoms with Crippen LogP contribution >= 0.6 is 15.9 Å². The van der Waals surface area contributed by atoms with Crippen molar-refractivity contribution in [2.75, 3.05) is 31.0 Å². The van der Waals surface area contributed by atoms with Gasteiger partial charge in [-0.05, 0) is 114 Å². The number of azo groups is 1. The SMILES string of the molecule is COc1cc([C@H]2C3=CC[C@@H]4C(=O)N(c5ccc(N=Nc6ccc(N(C)C)cc6)cc5)C(=O)[C@@H]4[C@@H]3CC3=C2C(=O)C=C(C)C3=O)cc(Br)c1O. The van der Waals surface area contributed by atoms with Gasteiger partial charge in [0.2, 0.25) is 11.8 Å². The first-order valence-corrected chi connectivity index (χ1v) is 16.7. The highest BCUT2D eigenvalue weighted by atomic mass is 79.9. The molecule has 0 saturated carbocycles. The summed E-state index contributed by atoms with van der Waals surface area (Å²) in [5.74, 6) is -3.51. The summed E-state index contributed by atoms with van der Waals surface area (Å²) in [5, 5.41) is 19.2. The van der Waals surface area contributed by atoms with E-state index >= 15 is 0 Å². The minimum Gasteiger partial charge on any atom is -0.503 e. The summed E-state index contributed by atoms with van der Waals surface area (Å²) in [6, 6.07) is 17.8. The Bertz CT molecular complexity index is 2060. The van der Waals surface area contributed by atoms with Gasteiger partial charge in [0.1, 0.15) is 0 Å². The highest BCUT2D eigenvalue weighted by molar-refractivity contribution is 9.10. The molecule has 49 heavy (non-hydrogen) atoms. The van der Waals surface area contributed by atoms with Crippen LogP contribution in [-0.4, -0.2) is 49.7 Å². The van der Waals surface area contributed by atoms with Crippen LogP contribution in [0.1, 0.15) is 31.2 Å². The first-order valence-electron chi connectivity index (χ1n) is 15.9. The molecule has 1 N–H and O–H groups in total. The molecule has 0 aromatic heterocycles. The van der Waals surface area contributed by atoms with E-state index in [9.17, 15) is 24.3 Å². The molecule has 10 nitrogen and oxygen atoms in total. The zero-order valence-electron chi connectivity index (χ0n) is 27.3. The number of rotatable bonds is 6. The van der Waals surface area contributed by atoms with Gasteiger partial charge in [-0.15, -0.1) is 0 Å². The van der Waals surface area contributed by atoms with E-state index in [4.69, 9.17) is 4.74 Å². The van der Waals surface area contributed by atoms with Crippen LogP contribution in [0, 0.1) is 17.8 Å². The number of aromatic hydroxyl groups is 1. The Labute approximate surface area is 291 Å². The number of benzene rings is 3. The number of carbonyl (C=O) groups excluding carboxylic acids is 4. The number of carbonyl (C=O) groups is 4. The first-order chi connectivity index (χ1) is 23.5. The summed E-state index contributed by atoms with van der Waals surface area (Å²) < 4.78 is 5.78. The Morgan fingerprint density at radius 1 is 0.918 bits per heavy atom. The second kappa shape index (κ2) is 12.4. The average molecular weight is 722 g/mol. The van der Waals surface area contributed by atoms with E-state index < -0.39 is 23.7 Å². The Morgan fingerprint density at radius 2 is 1.57 bits per heavy atom. The first kappa shape index (κ1) is 32.4. The smallest absolute Gasteiger partial charge is 0.238 e. The Hall–Kier alpha value is -5.16. The highest BCUT2D eigenvalue weighted by Crippen LogP contribution is 2.56. The van der Waals surface area contributed by atoms with Crippen LogP contribution in [0.25, 0.3) is 0 Å². The lowest BCUT2D eigenvalue weighted by Crippen LogP contribution is -2.39. The van der Waals surface area contributed by atoms with Crippen molar-refractivity contribution in [1.29, 1.82) is 0 Å². The molecule has 248 valence electrons. The van der Waals surface area contributed by atoms with Crippen LogP contribution in [-0.2, 0) is 19.2 Å². The van der Waals surface area contributed by atoms with Gasteiger partial charge in [-0.25, -0.2) is 0 Å². The van der Waals surface area contributed by atoms with Gasteiger partial charge < -0.3 is 14.7 Å². The average Bonchev–Trinajstić information content (AvgIpc) is 3.36. The number of hydrogen-bond donors (Lipinski definition) is 1. The van der Waals surface area contributed by atoms with E-state index in [1.807, 2.05) is 49.3 Å². The quantitative estimate of drug-likeness (QED) is 0.123.